The van der Waals surface area contributed by atoms with Crippen molar-refractivity contribution in [3.8, 4) is 0 Å². The first-order valence-corrected chi connectivity index (χ1v) is 5.35. The number of nitrogens with two attached hydrogens (primary N) is 1. The van der Waals surface area contributed by atoms with Gasteiger partial charge in [-0.15, -0.1) is 0 Å². The molecule has 0 aliphatic carbocycles. The zero-order chi connectivity index (χ0) is 9.68. The Bertz CT molecular complexity index is 258. The Kier molecular flexibility index (Phi) is 4.14. The molecule has 0 aromatic carbocycles. The summed E-state index contributed by atoms with van der Waals surface area (Å²) >= 11 is 6.59. The van der Waals surface area contributed by atoms with Crippen molar-refractivity contribution in [2.45, 2.75) is 19.4 Å². The Morgan fingerprint density at radius 2 is 2.54 bits per heavy atom. The average molecular weight is 215 g/mol. The van der Waals surface area contributed by atoms with E-state index < -0.39 is 0 Å². The van der Waals surface area contributed by atoms with E-state index in [1.807, 2.05) is 0 Å². The standard InChI is InChI=1S/C8H13N3S2/c1-6(10-8(12)11-9)4-7-2-3-13-5-7/h2-3,5-6H,4,9H2,1H3,(H2,10,11,12). The predicted octanol–water partition coefficient (Wildman–Crippen LogP) is 1.02. The fourth-order valence-corrected chi connectivity index (χ4v) is 1.96. The first kappa shape index (κ1) is 10.4. The summed E-state index contributed by atoms with van der Waals surface area (Å²) in [5.74, 6) is 5.14. The van der Waals surface area contributed by atoms with E-state index in [2.05, 4.69) is 34.5 Å². The Hall–Kier alpha value is -0.650. The van der Waals surface area contributed by atoms with Crippen molar-refractivity contribution in [2.75, 3.05) is 0 Å². The molecule has 0 aliphatic heterocycles. The summed E-state index contributed by atoms with van der Waals surface area (Å²) in [6.45, 7) is 2.07. The Morgan fingerprint density at radius 3 is 3.08 bits per heavy atom. The molecule has 0 radical (unpaired) electrons. The molecule has 1 heterocycles. The third-order valence-corrected chi connectivity index (χ3v) is 2.60. The van der Waals surface area contributed by atoms with Crippen molar-refractivity contribution >= 4 is 28.7 Å². The molecule has 0 amide bonds. The zero-order valence-electron chi connectivity index (χ0n) is 7.41. The van der Waals surface area contributed by atoms with Crippen LogP contribution in [-0.4, -0.2) is 11.2 Å². The van der Waals surface area contributed by atoms with Crippen molar-refractivity contribution in [1.82, 2.24) is 10.7 Å². The second kappa shape index (κ2) is 5.16. The minimum atomic E-state index is 0.304. The molecule has 0 fully saturated rings. The zero-order valence-corrected chi connectivity index (χ0v) is 9.04. The van der Waals surface area contributed by atoms with Crippen LogP contribution in [0.4, 0.5) is 0 Å². The molecule has 5 heteroatoms. The van der Waals surface area contributed by atoms with Crippen molar-refractivity contribution in [1.29, 1.82) is 0 Å². The molecule has 0 spiro atoms. The summed E-state index contributed by atoms with van der Waals surface area (Å²) in [5.41, 5.74) is 3.72. The lowest BCUT2D eigenvalue weighted by Crippen LogP contribution is -2.44. The van der Waals surface area contributed by atoms with Crippen LogP contribution in [0.5, 0.6) is 0 Å². The van der Waals surface area contributed by atoms with Gasteiger partial charge in [-0.1, -0.05) is 0 Å². The Balaban J connectivity index is 2.33. The van der Waals surface area contributed by atoms with Gasteiger partial charge in [0.1, 0.15) is 0 Å². The Morgan fingerprint density at radius 1 is 1.77 bits per heavy atom. The van der Waals surface area contributed by atoms with Crippen LogP contribution in [0.15, 0.2) is 16.8 Å². The molecule has 1 atom stereocenters. The number of nitrogens with one attached hydrogen (secondary N) is 2. The smallest absolute Gasteiger partial charge is 0.180 e. The first-order chi connectivity index (χ1) is 6.22. The molecule has 0 saturated heterocycles. The number of hydrogen-bond acceptors (Lipinski definition) is 3. The highest BCUT2D eigenvalue weighted by Crippen LogP contribution is 2.08. The molecule has 0 aliphatic rings. The lowest BCUT2D eigenvalue weighted by Gasteiger charge is -2.14. The average Bonchev–Trinajstić information content (AvgIpc) is 2.56. The molecule has 3 nitrogen and oxygen atoms in total. The van der Waals surface area contributed by atoms with Gasteiger partial charge in [-0.3, -0.25) is 0 Å². The summed E-state index contributed by atoms with van der Waals surface area (Å²) in [5, 5.41) is 7.76. The van der Waals surface area contributed by atoms with Crippen molar-refractivity contribution < 1.29 is 0 Å². The molecule has 0 saturated carbocycles. The first-order valence-electron chi connectivity index (χ1n) is 4.00. The summed E-state index contributed by atoms with van der Waals surface area (Å²) in [6, 6.07) is 2.42. The topological polar surface area (TPSA) is 50.1 Å². The van der Waals surface area contributed by atoms with Crippen LogP contribution >= 0.6 is 23.6 Å². The maximum Gasteiger partial charge on any atom is 0.180 e. The van der Waals surface area contributed by atoms with E-state index >= 15 is 0 Å². The SMILES string of the molecule is CC(Cc1ccsc1)NC(=S)NN. The van der Waals surface area contributed by atoms with Crippen LogP contribution < -0.4 is 16.6 Å². The van der Waals surface area contributed by atoms with E-state index in [0.717, 1.165) is 6.42 Å². The van der Waals surface area contributed by atoms with Gasteiger partial charge in [0.15, 0.2) is 5.11 Å². The number of thiocarbonyl (C=S) groups is 1. The van der Waals surface area contributed by atoms with E-state index in [4.69, 9.17) is 18.1 Å². The fraction of sp³-hybridized carbons (Fsp3) is 0.375. The highest BCUT2D eigenvalue weighted by molar-refractivity contribution is 7.80. The molecule has 1 aromatic heterocycles. The molecule has 72 valence electrons. The van der Waals surface area contributed by atoms with Gasteiger partial charge >= 0.3 is 0 Å². The summed E-state index contributed by atoms with van der Waals surface area (Å²) in [6.07, 6.45) is 0.964. The fourth-order valence-electron chi connectivity index (χ4n) is 1.08. The molecule has 13 heavy (non-hydrogen) atoms. The lowest BCUT2D eigenvalue weighted by molar-refractivity contribution is 0.653. The van der Waals surface area contributed by atoms with Gasteiger partial charge in [0.25, 0.3) is 0 Å². The highest BCUT2D eigenvalue weighted by atomic mass is 32.1. The van der Waals surface area contributed by atoms with Gasteiger partial charge in [-0.2, -0.15) is 11.3 Å². The van der Waals surface area contributed by atoms with Crippen LogP contribution in [0.1, 0.15) is 12.5 Å². The van der Waals surface area contributed by atoms with Gasteiger partial charge < -0.3 is 10.7 Å². The molecule has 1 unspecified atom stereocenters. The Labute approximate surface area is 87.3 Å². The molecule has 4 N–H and O–H groups in total. The molecular weight excluding hydrogens is 202 g/mol. The third-order valence-electron chi connectivity index (χ3n) is 1.63. The van der Waals surface area contributed by atoms with E-state index in [1.54, 1.807) is 11.3 Å². The normalized spacial score (nSPS) is 12.2. The van der Waals surface area contributed by atoms with Gasteiger partial charge in [-0.05, 0) is 48.0 Å². The van der Waals surface area contributed by atoms with Crippen LogP contribution in [0.2, 0.25) is 0 Å². The second-order valence-electron chi connectivity index (χ2n) is 2.85. The van der Waals surface area contributed by atoms with Crippen molar-refractivity contribution in [2.24, 2.45) is 5.84 Å². The summed E-state index contributed by atoms with van der Waals surface area (Å²) < 4.78 is 0. The van der Waals surface area contributed by atoms with Crippen LogP contribution in [0.25, 0.3) is 0 Å². The largest absolute Gasteiger partial charge is 0.359 e. The van der Waals surface area contributed by atoms with E-state index in [-0.39, 0.29) is 0 Å². The van der Waals surface area contributed by atoms with E-state index in [9.17, 15) is 0 Å². The van der Waals surface area contributed by atoms with Gasteiger partial charge in [0, 0.05) is 6.04 Å². The highest BCUT2D eigenvalue weighted by Gasteiger charge is 2.04. The number of rotatable bonds is 3. The van der Waals surface area contributed by atoms with Crippen LogP contribution in [0, 0.1) is 0 Å². The maximum absolute atomic E-state index is 5.14. The lowest BCUT2D eigenvalue weighted by atomic mass is 10.1. The van der Waals surface area contributed by atoms with Gasteiger partial charge in [-0.25, -0.2) is 5.84 Å². The van der Waals surface area contributed by atoms with E-state index in [1.165, 1.54) is 5.56 Å². The van der Waals surface area contributed by atoms with Crippen molar-refractivity contribution in [3.63, 3.8) is 0 Å². The molecular formula is C8H13N3S2. The second-order valence-corrected chi connectivity index (χ2v) is 4.04. The predicted molar refractivity (Wildman–Crippen MR) is 60.5 cm³/mol. The van der Waals surface area contributed by atoms with E-state index in [0.29, 0.717) is 11.2 Å². The van der Waals surface area contributed by atoms with Crippen LogP contribution in [0.3, 0.4) is 0 Å². The summed E-state index contributed by atoms with van der Waals surface area (Å²) in [7, 11) is 0. The summed E-state index contributed by atoms with van der Waals surface area (Å²) in [4.78, 5) is 0. The molecule has 0 bridgehead atoms. The van der Waals surface area contributed by atoms with Gasteiger partial charge in [0.2, 0.25) is 0 Å². The minimum absolute atomic E-state index is 0.304. The maximum atomic E-state index is 5.14. The quantitative estimate of drug-likeness (QED) is 0.400. The number of hydrazine groups is 1. The van der Waals surface area contributed by atoms with Crippen LogP contribution in [-0.2, 0) is 6.42 Å². The number of thiophene rings is 1. The van der Waals surface area contributed by atoms with Gasteiger partial charge in [0.05, 0.1) is 0 Å². The monoisotopic (exact) mass is 215 g/mol. The molecule has 1 rings (SSSR count). The minimum Gasteiger partial charge on any atom is -0.359 e. The number of hydrogen-bond donors (Lipinski definition) is 3. The molecule has 1 aromatic rings. The van der Waals surface area contributed by atoms with Crippen molar-refractivity contribution in [3.05, 3.63) is 22.4 Å². The third kappa shape index (κ3) is 3.71.